The van der Waals surface area contributed by atoms with E-state index in [1.165, 1.54) is 11.3 Å². The van der Waals surface area contributed by atoms with Gasteiger partial charge in [0.2, 0.25) is 0 Å². The van der Waals surface area contributed by atoms with Crippen molar-refractivity contribution in [3.05, 3.63) is 143 Å². The fourth-order valence-corrected chi connectivity index (χ4v) is 6.17. The van der Waals surface area contributed by atoms with Crippen molar-refractivity contribution in [3.63, 3.8) is 0 Å². The fraction of sp³-hybridized carbons (Fsp3) is 0.194. The largest absolute Gasteiger partial charge is 0.473 e. The van der Waals surface area contributed by atoms with Gasteiger partial charge in [0.1, 0.15) is 12.4 Å². The van der Waals surface area contributed by atoms with Gasteiger partial charge in [0, 0.05) is 54.6 Å². The number of halogens is 1. The predicted octanol–water partition coefficient (Wildman–Crippen LogP) is 5.38. The van der Waals surface area contributed by atoms with Crippen molar-refractivity contribution >= 4 is 34.9 Å². The lowest BCUT2D eigenvalue weighted by atomic mass is 9.96. The van der Waals surface area contributed by atoms with Gasteiger partial charge in [-0.25, -0.2) is 9.59 Å². The lowest BCUT2D eigenvalue weighted by Crippen LogP contribution is -2.47. The van der Waals surface area contributed by atoms with E-state index in [9.17, 15) is 0 Å². The average molecular weight is 649 g/mol. The summed E-state index contributed by atoms with van der Waals surface area (Å²) in [5, 5.41) is 25.0. The molecule has 1 saturated heterocycles. The van der Waals surface area contributed by atoms with Gasteiger partial charge in [-0.3, -0.25) is 14.5 Å². The summed E-state index contributed by atoms with van der Waals surface area (Å²) in [6.45, 7) is 5.29. The quantitative estimate of drug-likeness (QED) is 0.235. The zero-order valence-electron chi connectivity index (χ0n) is 25.5. The molecule has 1 fully saturated rings. The molecule has 1 atom stereocenters. The van der Waals surface area contributed by atoms with Gasteiger partial charge in [0.15, 0.2) is 5.82 Å². The Morgan fingerprint density at radius 2 is 1.38 bits per heavy atom. The Balaban J connectivity index is 0.000000591. The number of fused-ring (bicyclic) bond motifs is 3. The van der Waals surface area contributed by atoms with Crippen molar-refractivity contribution in [2.45, 2.75) is 12.5 Å². The number of aliphatic carboxylic acids is 2. The molecular weight excluding hydrogens is 616 g/mol. The zero-order chi connectivity index (χ0) is 32.8. The van der Waals surface area contributed by atoms with Crippen molar-refractivity contribution in [1.82, 2.24) is 19.7 Å². The van der Waals surface area contributed by atoms with Gasteiger partial charge in [-0.1, -0.05) is 90.5 Å². The number of rotatable bonds is 6. The molecule has 2 aliphatic heterocycles. The summed E-state index contributed by atoms with van der Waals surface area (Å²) >= 11 is 6.56. The molecule has 238 valence electrons. The summed E-state index contributed by atoms with van der Waals surface area (Å²) < 4.78 is 2.23. The van der Waals surface area contributed by atoms with E-state index < -0.39 is 11.9 Å². The number of carbonyl (C=O) groups is 2. The van der Waals surface area contributed by atoms with E-state index in [2.05, 4.69) is 93.2 Å². The standard InChI is InChI=1S/C34H31ClN6.C2H2O4/c35-27-16-17-31-29(22-27)33(26-12-6-2-7-13-26)36-23-32-37-38-34(41(31)32)30(25-10-4-1-5-11-25)24-39-18-20-40(21-19-39)28-14-8-3-9-15-28;3-1(4)2(5)6/h1-17,22,30H,18-21,23-24H2;(H,3,4)(H,5,6). The molecule has 7 rings (SSSR count). The van der Waals surface area contributed by atoms with Gasteiger partial charge in [0.25, 0.3) is 0 Å². The van der Waals surface area contributed by atoms with Gasteiger partial charge < -0.3 is 15.1 Å². The number of hydrogen-bond donors (Lipinski definition) is 2. The van der Waals surface area contributed by atoms with E-state index in [0.29, 0.717) is 11.6 Å². The normalized spacial score (nSPS) is 14.8. The van der Waals surface area contributed by atoms with Crippen LogP contribution in [0.5, 0.6) is 0 Å². The third-order valence-corrected chi connectivity index (χ3v) is 8.50. The molecule has 0 amide bonds. The van der Waals surface area contributed by atoms with E-state index in [1.807, 2.05) is 30.3 Å². The van der Waals surface area contributed by atoms with Gasteiger partial charge in [-0.2, -0.15) is 0 Å². The summed E-state index contributed by atoms with van der Waals surface area (Å²) in [4.78, 5) is 28.3. The van der Waals surface area contributed by atoms with Gasteiger partial charge in [-0.05, 0) is 35.9 Å². The number of hydrogen-bond acceptors (Lipinski definition) is 7. The molecule has 11 heteroatoms. The van der Waals surface area contributed by atoms with Crippen LogP contribution in [0.4, 0.5) is 5.69 Å². The number of nitrogens with zero attached hydrogens (tertiary/aromatic N) is 6. The highest BCUT2D eigenvalue weighted by atomic mass is 35.5. The monoisotopic (exact) mass is 648 g/mol. The molecule has 0 aliphatic carbocycles. The maximum absolute atomic E-state index is 9.10. The molecule has 5 aromatic rings. The smallest absolute Gasteiger partial charge is 0.414 e. The Kier molecular flexibility index (Phi) is 9.70. The Morgan fingerprint density at radius 1 is 0.766 bits per heavy atom. The molecule has 2 aliphatic rings. The van der Waals surface area contributed by atoms with E-state index in [-0.39, 0.29) is 5.92 Å². The highest BCUT2D eigenvalue weighted by Crippen LogP contribution is 2.33. The van der Waals surface area contributed by atoms with Crippen molar-refractivity contribution in [1.29, 1.82) is 0 Å². The van der Waals surface area contributed by atoms with Crippen LogP contribution in [-0.4, -0.2) is 80.3 Å². The van der Waals surface area contributed by atoms with Crippen LogP contribution in [0.1, 0.15) is 34.3 Å². The first-order valence-electron chi connectivity index (χ1n) is 15.3. The molecule has 2 N–H and O–H groups in total. The number of piperazine rings is 1. The van der Waals surface area contributed by atoms with Crippen LogP contribution in [0.15, 0.2) is 114 Å². The van der Waals surface area contributed by atoms with Gasteiger partial charge in [0.05, 0.1) is 17.3 Å². The highest BCUT2D eigenvalue weighted by Gasteiger charge is 2.30. The molecule has 1 aromatic heterocycles. The minimum Gasteiger partial charge on any atom is -0.473 e. The minimum absolute atomic E-state index is 0.0440. The molecular formula is C36H33ClN6O4. The Morgan fingerprint density at radius 3 is 2.02 bits per heavy atom. The molecule has 47 heavy (non-hydrogen) atoms. The summed E-state index contributed by atoms with van der Waals surface area (Å²) in [5.74, 6) is -1.83. The van der Waals surface area contributed by atoms with Crippen molar-refractivity contribution < 1.29 is 19.8 Å². The number of aromatic nitrogens is 3. The maximum Gasteiger partial charge on any atom is 0.414 e. The van der Waals surface area contributed by atoms with Crippen LogP contribution in [0.2, 0.25) is 5.02 Å². The molecule has 0 spiro atoms. The predicted molar refractivity (Wildman–Crippen MR) is 181 cm³/mol. The Hall–Kier alpha value is -5.32. The van der Waals surface area contributed by atoms with E-state index in [1.54, 1.807) is 0 Å². The molecule has 10 nitrogen and oxygen atoms in total. The van der Waals surface area contributed by atoms with Crippen LogP contribution < -0.4 is 4.90 Å². The Bertz CT molecular complexity index is 1860. The number of carboxylic acids is 2. The molecule has 3 heterocycles. The lowest BCUT2D eigenvalue weighted by Gasteiger charge is -2.37. The molecule has 0 saturated carbocycles. The molecule has 1 unspecified atom stereocenters. The highest BCUT2D eigenvalue weighted by molar-refractivity contribution is 6.31. The lowest BCUT2D eigenvalue weighted by molar-refractivity contribution is -0.159. The zero-order valence-corrected chi connectivity index (χ0v) is 26.2. The Labute approximate surface area is 277 Å². The van der Waals surface area contributed by atoms with Crippen LogP contribution in [0, 0.1) is 0 Å². The summed E-state index contributed by atoms with van der Waals surface area (Å²) in [6, 6.07) is 37.7. The van der Waals surface area contributed by atoms with E-state index in [0.717, 1.165) is 66.9 Å². The van der Waals surface area contributed by atoms with Crippen LogP contribution in [-0.2, 0) is 16.1 Å². The maximum atomic E-state index is 9.10. The molecule has 4 aromatic carbocycles. The second-order valence-corrected chi connectivity index (χ2v) is 11.6. The fourth-order valence-electron chi connectivity index (χ4n) is 6.00. The summed E-state index contributed by atoms with van der Waals surface area (Å²) in [6.07, 6.45) is 0. The second kappa shape index (κ2) is 14.4. The SMILES string of the molecule is Clc1ccc2c(c1)C(c1ccccc1)=NCc1nnc(C(CN3CCN(c4ccccc4)CC3)c3ccccc3)n1-2.O=C(O)C(=O)O. The van der Waals surface area contributed by atoms with Crippen molar-refractivity contribution in [3.8, 4) is 5.69 Å². The van der Waals surface area contributed by atoms with E-state index >= 15 is 0 Å². The van der Waals surface area contributed by atoms with Crippen LogP contribution >= 0.6 is 11.6 Å². The van der Waals surface area contributed by atoms with Gasteiger partial charge in [-0.15, -0.1) is 10.2 Å². The van der Waals surface area contributed by atoms with Crippen LogP contribution in [0.25, 0.3) is 5.69 Å². The minimum atomic E-state index is -1.82. The van der Waals surface area contributed by atoms with Crippen LogP contribution in [0.3, 0.4) is 0 Å². The number of benzene rings is 4. The number of carboxylic acid groups (broad SMARTS) is 2. The number of para-hydroxylation sites is 1. The topological polar surface area (TPSA) is 124 Å². The van der Waals surface area contributed by atoms with Gasteiger partial charge >= 0.3 is 11.9 Å². The van der Waals surface area contributed by atoms with Crippen molar-refractivity contribution in [2.24, 2.45) is 4.99 Å². The first-order chi connectivity index (χ1) is 22.9. The molecule has 0 bridgehead atoms. The van der Waals surface area contributed by atoms with E-state index in [4.69, 9.17) is 46.6 Å². The summed E-state index contributed by atoms with van der Waals surface area (Å²) in [5.41, 5.74) is 6.52. The number of aliphatic imine (C=N–C) groups is 1. The third-order valence-electron chi connectivity index (χ3n) is 8.27. The second-order valence-electron chi connectivity index (χ2n) is 11.2. The molecule has 0 radical (unpaired) electrons. The van der Waals surface area contributed by atoms with Crippen molar-refractivity contribution in [2.75, 3.05) is 37.6 Å². The first kappa shape index (κ1) is 31.7. The first-order valence-corrected chi connectivity index (χ1v) is 15.6. The summed E-state index contributed by atoms with van der Waals surface area (Å²) in [7, 11) is 0. The third kappa shape index (κ3) is 7.24. The average Bonchev–Trinajstić information content (AvgIpc) is 3.45. The number of anilines is 1.